The zero-order valence-corrected chi connectivity index (χ0v) is 12.1. The summed E-state index contributed by atoms with van der Waals surface area (Å²) in [6, 6.07) is 9.49. The Balaban J connectivity index is 2.88. The van der Waals surface area contributed by atoms with Gasteiger partial charge in [-0.3, -0.25) is 0 Å². The van der Waals surface area contributed by atoms with E-state index in [9.17, 15) is 0 Å². The van der Waals surface area contributed by atoms with Gasteiger partial charge in [-0.2, -0.15) is 0 Å². The van der Waals surface area contributed by atoms with Crippen LogP contribution in [0.2, 0.25) is 0 Å². The first-order chi connectivity index (χ1) is 9.26. The van der Waals surface area contributed by atoms with E-state index in [1.165, 1.54) is 0 Å². The van der Waals surface area contributed by atoms with E-state index >= 15 is 0 Å². The average molecular weight is 280 g/mol. The molecule has 1 aromatic rings. The fourth-order valence-electron chi connectivity index (χ4n) is 1.48. The van der Waals surface area contributed by atoms with Crippen LogP contribution >= 0.6 is 7.94 Å². The molecule has 0 fully saturated rings. The van der Waals surface area contributed by atoms with Crippen LogP contribution < -0.4 is 4.52 Å². The van der Waals surface area contributed by atoms with Crippen molar-refractivity contribution in [3.8, 4) is 5.75 Å². The molecule has 0 saturated carbocycles. The summed E-state index contributed by atoms with van der Waals surface area (Å²) in [5, 5.41) is 0. The number of hydrogen-bond acceptors (Lipinski definition) is 3. The second-order valence-electron chi connectivity index (χ2n) is 3.79. The van der Waals surface area contributed by atoms with Crippen molar-refractivity contribution >= 4 is 7.94 Å². The Morgan fingerprint density at radius 3 is 1.95 bits per heavy atom. The average Bonchev–Trinajstić information content (AvgIpc) is 2.44. The number of allylic oxidation sites excluding steroid dienone is 1. The van der Waals surface area contributed by atoms with E-state index in [2.05, 4.69) is 19.7 Å². The van der Waals surface area contributed by atoms with Crippen LogP contribution in [0.25, 0.3) is 0 Å². The summed E-state index contributed by atoms with van der Waals surface area (Å²) in [5.41, 5.74) is 0. The summed E-state index contributed by atoms with van der Waals surface area (Å²) in [7, 11) is -2.84. The fraction of sp³-hybridized carbons (Fsp3) is 0.200. The Bertz CT molecular complexity index is 391. The molecule has 19 heavy (non-hydrogen) atoms. The normalized spacial score (nSPS) is 11.6. The van der Waals surface area contributed by atoms with Gasteiger partial charge in [0.2, 0.25) is 0 Å². The Morgan fingerprint density at radius 1 is 0.895 bits per heavy atom. The standard InChI is InChI=1S/C15H21O3P/c1-4-12-16-19(14-6-3,17-13-5-2)18-15-10-8-7-9-11-15/h4-11,19H,1-3,12-14H2. The Labute approximate surface area is 115 Å². The predicted molar refractivity (Wildman–Crippen MR) is 82.7 cm³/mol. The molecule has 0 atom stereocenters. The van der Waals surface area contributed by atoms with Gasteiger partial charge in [0, 0.05) is 0 Å². The van der Waals surface area contributed by atoms with E-state index in [0.717, 1.165) is 5.75 Å². The summed E-state index contributed by atoms with van der Waals surface area (Å²) in [6.45, 7) is 11.8. The molecule has 0 aliphatic rings. The van der Waals surface area contributed by atoms with Crippen molar-refractivity contribution in [2.45, 2.75) is 0 Å². The van der Waals surface area contributed by atoms with Crippen LogP contribution in [0.5, 0.6) is 5.75 Å². The van der Waals surface area contributed by atoms with Crippen molar-refractivity contribution in [3.63, 3.8) is 0 Å². The van der Waals surface area contributed by atoms with Gasteiger partial charge in [0.25, 0.3) is 0 Å². The van der Waals surface area contributed by atoms with Crippen molar-refractivity contribution in [2.75, 3.05) is 19.4 Å². The predicted octanol–water partition coefficient (Wildman–Crippen LogP) is 4.15. The van der Waals surface area contributed by atoms with Crippen LogP contribution in [-0.2, 0) is 9.05 Å². The van der Waals surface area contributed by atoms with Crippen molar-refractivity contribution < 1.29 is 13.6 Å². The van der Waals surface area contributed by atoms with Gasteiger partial charge >= 0.3 is 115 Å². The number of para-hydroxylation sites is 1. The quantitative estimate of drug-likeness (QED) is 0.476. The van der Waals surface area contributed by atoms with E-state index in [-0.39, 0.29) is 0 Å². The molecular weight excluding hydrogens is 259 g/mol. The van der Waals surface area contributed by atoms with Gasteiger partial charge in [0.15, 0.2) is 0 Å². The minimum atomic E-state index is -2.84. The van der Waals surface area contributed by atoms with E-state index in [1.807, 2.05) is 30.3 Å². The maximum atomic E-state index is 5.97. The van der Waals surface area contributed by atoms with Crippen molar-refractivity contribution in [3.05, 3.63) is 68.3 Å². The third-order valence-electron chi connectivity index (χ3n) is 2.25. The molecule has 0 aromatic heterocycles. The molecule has 4 heteroatoms. The number of benzene rings is 1. The second kappa shape index (κ2) is 8.65. The van der Waals surface area contributed by atoms with E-state index in [1.54, 1.807) is 18.2 Å². The Hall–Kier alpha value is -1.41. The first-order valence-corrected chi connectivity index (χ1v) is 8.04. The zero-order chi connectivity index (χ0) is 14.0. The van der Waals surface area contributed by atoms with Crippen LogP contribution in [0.15, 0.2) is 68.3 Å². The molecule has 1 aromatic carbocycles. The van der Waals surface area contributed by atoms with Gasteiger partial charge in [0.1, 0.15) is 0 Å². The van der Waals surface area contributed by atoms with Gasteiger partial charge in [-0.25, -0.2) is 0 Å². The molecule has 0 radical (unpaired) electrons. The Morgan fingerprint density at radius 2 is 1.47 bits per heavy atom. The molecular formula is C15H21O3P. The molecule has 0 aliphatic carbocycles. The molecule has 104 valence electrons. The molecule has 0 spiro atoms. The summed E-state index contributed by atoms with van der Waals surface area (Å²) in [5.74, 6) is 0.726. The summed E-state index contributed by atoms with van der Waals surface area (Å²) >= 11 is 0. The SMILES string of the molecule is C=CCO[PH](CC=C)(OCC=C)Oc1ccccc1. The summed E-state index contributed by atoms with van der Waals surface area (Å²) < 4.78 is 17.5. The van der Waals surface area contributed by atoms with Gasteiger partial charge < -0.3 is 0 Å². The molecule has 0 saturated heterocycles. The van der Waals surface area contributed by atoms with Crippen LogP contribution in [0, 0.1) is 0 Å². The van der Waals surface area contributed by atoms with Gasteiger partial charge in [-0.15, -0.1) is 0 Å². The van der Waals surface area contributed by atoms with Gasteiger partial charge in [-0.1, -0.05) is 0 Å². The van der Waals surface area contributed by atoms with Crippen molar-refractivity contribution in [1.82, 2.24) is 0 Å². The first-order valence-electron chi connectivity index (χ1n) is 6.11. The van der Waals surface area contributed by atoms with E-state index in [4.69, 9.17) is 13.6 Å². The van der Waals surface area contributed by atoms with Crippen LogP contribution in [0.1, 0.15) is 0 Å². The minimum absolute atomic E-state index is 0.379. The van der Waals surface area contributed by atoms with Crippen LogP contribution in [-0.4, -0.2) is 19.4 Å². The van der Waals surface area contributed by atoms with Crippen molar-refractivity contribution in [1.29, 1.82) is 0 Å². The van der Waals surface area contributed by atoms with Crippen LogP contribution in [0.3, 0.4) is 0 Å². The monoisotopic (exact) mass is 280 g/mol. The van der Waals surface area contributed by atoms with Gasteiger partial charge in [0.05, 0.1) is 0 Å². The van der Waals surface area contributed by atoms with E-state index < -0.39 is 7.94 Å². The second-order valence-corrected chi connectivity index (χ2v) is 6.35. The van der Waals surface area contributed by atoms with E-state index in [0.29, 0.717) is 19.4 Å². The first kappa shape index (κ1) is 15.6. The molecule has 0 aliphatic heterocycles. The molecule has 0 unspecified atom stereocenters. The summed E-state index contributed by atoms with van der Waals surface area (Å²) in [4.78, 5) is 0. The molecule has 0 amide bonds. The molecule has 1 rings (SSSR count). The molecule has 3 nitrogen and oxygen atoms in total. The van der Waals surface area contributed by atoms with Crippen molar-refractivity contribution in [2.24, 2.45) is 0 Å². The van der Waals surface area contributed by atoms with Crippen LogP contribution in [0.4, 0.5) is 0 Å². The summed E-state index contributed by atoms with van der Waals surface area (Å²) in [6.07, 6.45) is 5.64. The Kier molecular flexibility index (Phi) is 7.12. The third kappa shape index (κ3) is 5.39. The molecule has 0 N–H and O–H groups in total. The molecule has 0 bridgehead atoms. The maximum absolute atomic E-state index is 5.97. The third-order valence-corrected chi connectivity index (χ3v) is 4.80. The number of hydrogen-bond donors (Lipinski definition) is 0. The van der Waals surface area contributed by atoms with Gasteiger partial charge in [-0.05, 0) is 0 Å². The molecule has 0 heterocycles. The number of rotatable bonds is 10. The topological polar surface area (TPSA) is 27.7 Å². The zero-order valence-electron chi connectivity index (χ0n) is 11.1. The fourth-order valence-corrected chi connectivity index (χ4v) is 3.59.